The predicted molar refractivity (Wildman–Crippen MR) is 102 cm³/mol. The molecule has 0 fully saturated rings. The van der Waals surface area contributed by atoms with Crippen molar-refractivity contribution in [2.75, 3.05) is 13.7 Å². The highest BCUT2D eigenvalue weighted by Gasteiger charge is 2.16. The molecule has 2 aromatic carbocycles. The number of rotatable bonds is 8. The van der Waals surface area contributed by atoms with Crippen LogP contribution in [0.25, 0.3) is 0 Å². The van der Waals surface area contributed by atoms with Crippen molar-refractivity contribution in [2.24, 2.45) is 0 Å². The average molecular weight is 354 g/mol. The van der Waals surface area contributed by atoms with Crippen LogP contribution in [-0.2, 0) is 16.0 Å². The molecule has 0 spiro atoms. The summed E-state index contributed by atoms with van der Waals surface area (Å²) < 4.78 is 5.13. The molecule has 2 amide bonds. The molecule has 1 atom stereocenters. The number of carbonyl (C=O) groups excluding carboxylic acids is 2. The molecule has 0 unspecified atom stereocenters. The van der Waals surface area contributed by atoms with Gasteiger partial charge in [-0.1, -0.05) is 42.0 Å². The van der Waals surface area contributed by atoms with Crippen LogP contribution in [0.3, 0.4) is 0 Å². The van der Waals surface area contributed by atoms with Crippen LogP contribution in [0.2, 0.25) is 0 Å². The molecular weight excluding hydrogens is 328 g/mol. The third kappa shape index (κ3) is 6.24. The van der Waals surface area contributed by atoms with E-state index in [-0.39, 0.29) is 24.3 Å². The van der Waals surface area contributed by atoms with Gasteiger partial charge in [0.1, 0.15) is 5.75 Å². The molecule has 5 heteroatoms. The number of ether oxygens (including phenoxy) is 1. The Morgan fingerprint density at radius 2 is 1.69 bits per heavy atom. The standard InChI is InChI=1S/C21H26N2O3/c1-15-4-8-18(9-5-15)20(23-16(2)24)14-21(25)22-13-12-17-6-10-19(26-3)11-7-17/h4-11,20H,12-14H2,1-3H3,(H,22,25)(H,23,24)/t20-/m1/s1. The molecule has 138 valence electrons. The van der Waals surface area contributed by atoms with Crippen LogP contribution in [0.15, 0.2) is 48.5 Å². The maximum Gasteiger partial charge on any atom is 0.222 e. The lowest BCUT2D eigenvalue weighted by molar-refractivity contribution is -0.122. The van der Waals surface area contributed by atoms with Crippen molar-refractivity contribution in [3.63, 3.8) is 0 Å². The first kappa shape index (κ1) is 19.5. The Morgan fingerprint density at radius 3 is 2.27 bits per heavy atom. The van der Waals surface area contributed by atoms with Crippen molar-refractivity contribution < 1.29 is 14.3 Å². The van der Waals surface area contributed by atoms with Crippen molar-refractivity contribution in [3.8, 4) is 5.75 Å². The largest absolute Gasteiger partial charge is 0.497 e. The molecule has 2 N–H and O–H groups in total. The molecule has 5 nitrogen and oxygen atoms in total. The van der Waals surface area contributed by atoms with E-state index in [1.54, 1.807) is 7.11 Å². The second-order valence-electron chi connectivity index (χ2n) is 6.32. The summed E-state index contributed by atoms with van der Waals surface area (Å²) in [6.45, 7) is 4.01. The number of methoxy groups -OCH3 is 1. The van der Waals surface area contributed by atoms with Crippen LogP contribution in [0.5, 0.6) is 5.75 Å². The zero-order chi connectivity index (χ0) is 18.9. The van der Waals surface area contributed by atoms with E-state index in [9.17, 15) is 9.59 Å². The maximum atomic E-state index is 12.3. The van der Waals surface area contributed by atoms with Crippen molar-refractivity contribution in [3.05, 3.63) is 65.2 Å². The van der Waals surface area contributed by atoms with Gasteiger partial charge in [0, 0.05) is 13.5 Å². The molecule has 0 aromatic heterocycles. The Kier molecular flexibility index (Phi) is 7.21. The molecule has 0 aliphatic heterocycles. The van der Waals surface area contributed by atoms with Crippen molar-refractivity contribution >= 4 is 11.8 Å². The molecule has 0 saturated carbocycles. The number of hydrogen-bond acceptors (Lipinski definition) is 3. The summed E-state index contributed by atoms with van der Waals surface area (Å²) in [7, 11) is 1.63. The van der Waals surface area contributed by atoms with Gasteiger partial charge in [0.15, 0.2) is 0 Å². The Hall–Kier alpha value is -2.82. The molecular formula is C21H26N2O3. The SMILES string of the molecule is COc1ccc(CCNC(=O)C[C@@H](NC(C)=O)c2ccc(C)cc2)cc1. The van der Waals surface area contributed by atoms with Gasteiger partial charge in [-0.05, 0) is 36.6 Å². The lowest BCUT2D eigenvalue weighted by atomic mass is 10.0. The van der Waals surface area contributed by atoms with Gasteiger partial charge < -0.3 is 15.4 Å². The minimum absolute atomic E-state index is 0.0853. The molecule has 2 rings (SSSR count). The van der Waals surface area contributed by atoms with Gasteiger partial charge in [0.25, 0.3) is 0 Å². The molecule has 0 heterocycles. The molecule has 0 aliphatic carbocycles. The fraction of sp³-hybridized carbons (Fsp3) is 0.333. The average Bonchev–Trinajstić information content (AvgIpc) is 2.62. The van der Waals surface area contributed by atoms with Crippen LogP contribution >= 0.6 is 0 Å². The Bertz CT molecular complexity index is 724. The zero-order valence-electron chi connectivity index (χ0n) is 15.5. The summed E-state index contributed by atoms with van der Waals surface area (Å²) in [6, 6.07) is 15.3. The van der Waals surface area contributed by atoms with Gasteiger partial charge in [-0.15, -0.1) is 0 Å². The molecule has 0 radical (unpaired) electrons. The van der Waals surface area contributed by atoms with E-state index in [4.69, 9.17) is 4.74 Å². The van der Waals surface area contributed by atoms with E-state index in [1.165, 1.54) is 6.92 Å². The first-order chi connectivity index (χ1) is 12.5. The van der Waals surface area contributed by atoms with E-state index in [0.29, 0.717) is 6.54 Å². The van der Waals surface area contributed by atoms with Gasteiger partial charge in [0.05, 0.1) is 19.6 Å². The van der Waals surface area contributed by atoms with Crippen molar-refractivity contribution in [1.82, 2.24) is 10.6 Å². The summed E-state index contributed by atoms with van der Waals surface area (Å²) in [5, 5.41) is 5.78. The van der Waals surface area contributed by atoms with Gasteiger partial charge >= 0.3 is 0 Å². The summed E-state index contributed by atoms with van der Waals surface area (Å²) >= 11 is 0. The zero-order valence-corrected chi connectivity index (χ0v) is 15.5. The lowest BCUT2D eigenvalue weighted by Crippen LogP contribution is -2.33. The first-order valence-electron chi connectivity index (χ1n) is 8.71. The van der Waals surface area contributed by atoms with Crippen LogP contribution < -0.4 is 15.4 Å². The highest BCUT2D eigenvalue weighted by atomic mass is 16.5. The Balaban J connectivity index is 1.87. The Labute approximate surface area is 154 Å². The second kappa shape index (κ2) is 9.61. The first-order valence-corrected chi connectivity index (χ1v) is 8.71. The fourth-order valence-electron chi connectivity index (χ4n) is 2.69. The lowest BCUT2D eigenvalue weighted by Gasteiger charge is -2.18. The number of amides is 2. The van der Waals surface area contributed by atoms with Gasteiger partial charge in [-0.3, -0.25) is 9.59 Å². The number of benzene rings is 2. The van der Waals surface area contributed by atoms with E-state index >= 15 is 0 Å². The quantitative estimate of drug-likeness (QED) is 0.766. The smallest absolute Gasteiger partial charge is 0.222 e. The van der Waals surface area contributed by atoms with Gasteiger partial charge in [-0.2, -0.15) is 0 Å². The molecule has 0 bridgehead atoms. The summed E-state index contributed by atoms with van der Waals surface area (Å²) in [4.78, 5) is 23.8. The van der Waals surface area contributed by atoms with Crippen LogP contribution in [0.1, 0.15) is 36.1 Å². The monoisotopic (exact) mass is 354 g/mol. The van der Waals surface area contributed by atoms with Crippen LogP contribution in [0, 0.1) is 6.92 Å². The second-order valence-corrected chi connectivity index (χ2v) is 6.32. The third-order valence-electron chi connectivity index (χ3n) is 4.14. The topological polar surface area (TPSA) is 67.4 Å². The van der Waals surface area contributed by atoms with Gasteiger partial charge in [-0.25, -0.2) is 0 Å². The number of nitrogens with one attached hydrogen (secondary N) is 2. The number of aryl methyl sites for hydroxylation is 1. The fourth-order valence-corrected chi connectivity index (χ4v) is 2.69. The van der Waals surface area contributed by atoms with Crippen LogP contribution in [-0.4, -0.2) is 25.5 Å². The minimum Gasteiger partial charge on any atom is -0.497 e. The van der Waals surface area contributed by atoms with Crippen molar-refractivity contribution in [2.45, 2.75) is 32.7 Å². The minimum atomic E-state index is -0.325. The van der Waals surface area contributed by atoms with E-state index in [2.05, 4.69) is 10.6 Å². The normalized spacial score (nSPS) is 11.5. The third-order valence-corrected chi connectivity index (χ3v) is 4.14. The number of hydrogen-bond donors (Lipinski definition) is 2. The van der Waals surface area contributed by atoms with E-state index < -0.39 is 0 Å². The van der Waals surface area contributed by atoms with E-state index in [0.717, 1.165) is 28.9 Å². The van der Waals surface area contributed by atoms with Crippen molar-refractivity contribution in [1.29, 1.82) is 0 Å². The summed E-state index contributed by atoms with van der Waals surface area (Å²) in [5.74, 6) is 0.577. The van der Waals surface area contributed by atoms with Gasteiger partial charge in [0.2, 0.25) is 11.8 Å². The molecule has 0 aliphatic rings. The highest BCUT2D eigenvalue weighted by molar-refractivity contribution is 5.79. The van der Waals surface area contributed by atoms with E-state index in [1.807, 2.05) is 55.5 Å². The molecule has 26 heavy (non-hydrogen) atoms. The molecule has 0 saturated heterocycles. The van der Waals surface area contributed by atoms with Crippen LogP contribution in [0.4, 0.5) is 0 Å². The Morgan fingerprint density at radius 1 is 1.04 bits per heavy atom. The highest BCUT2D eigenvalue weighted by Crippen LogP contribution is 2.17. The summed E-state index contributed by atoms with van der Waals surface area (Å²) in [6.07, 6.45) is 0.955. The number of carbonyl (C=O) groups is 2. The molecule has 2 aromatic rings. The summed E-state index contributed by atoms with van der Waals surface area (Å²) in [5.41, 5.74) is 3.19. The maximum absolute atomic E-state index is 12.3. The predicted octanol–water partition coefficient (Wildman–Crippen LogP) is 2.93.